The zero-order valence-corrected chi connectivity index (χ0v) is 15.3. The van der Waals surface area contributed by atoms with Gasteiger partial charge in [-0.05, 0) is 53.6 Å². The highest BCUT2D eigenvalue weighted by molar-refractivity contribution is 9.10. The van der Waals surface area contributed by atoms with Crippen molar-refractivity contribution in [2.75, 3.05) is 0 Å². The number of fused-ring (bicyclic) bond motifs is 1. The van der Waals surface area contributed by atoms with Crippen LogP contribution >= 0.6 is 15.9 Å². The van der Waals surface area contributed by atoms with E-state index in [1.54, 1.807) is 18.4 Å². The number of nitrogens with one attached hydrogen (secondary N) is 1. The average molecular weight is 397 g/mol. The molecule has 1 heterocycles. The Labute approximate surface area is 154 Å². The van der Waals surface area contributed by atoms with E-state index in [0.717, 1.165) is 26.6 Å². The minimum atomic E-state index is -0.154. The van der Waals surface area contributed by atoms with Gasteiger partial charge in [-0.1, -0.05) is 46.3 Å². The molecule has 25 heavy (non-hydrogen) atoms. The van der Waals surface area contributed by atoms with Crippen LogP contribution in [0.15, 0.2) is 74.9 Å². The van der Waals surface area contributed by atoms with Gasteiger partial charge in [0, 0.05) is 4.47 Å². The van der Waals surface area contributed by atoms with Crippen molar-refractivity contribution >= 4 is 44.4 Å². The summed E-state index contributed by atoms with van der Waals surface area (Å²) in [7, 11) is 0. The van der Waals surface area contributed by atoms with E-state index in [0.29, 0.717) is 5.71 Å². The maximum atomic E-state index is 12.2. The van der Waals surface area contributed by atoms with Crippen molar-refractivity contribution in [3.8, 4) is 0 Å². The largest absolute Gasteiger partial charge is 0.465 e. The van der Waals surface area contributed by atoms with Gasteiger partial charge in [0.25, 0.3) is 0 Å². The van der Waals surface area contributed by atoms with Gasteiger partial charge in [0.05, 0.1) is 18.4 Å². The third-order valence-corrected chi connectivity index (χ3v) is 4.39. The fourth-order valence-electron chi connectivity index (χ4n) is 2.47. The van der Waals surface area contributed by atoms with Crippen LogP contribution < -0.4 is 5.43 Å². The van der Waals surface area contributed by atoms with E-state index in [1.165, 1.54) is 0 Å². The highest BCUT2D eigenvalue weighted by Gasteiger charge is 2.08. The minimum absolute atomic E-state index is 0.154. The van der Waals surface area contributed by atoms with Crippen molar-refractivity contribution < 1.29 is 9.21 Å². The highest BCUT2D eigenvalue weighted by Crippen LogP contribution is 2.27. The van der Waals surface area contributed by atoms with Gasteiger partial charge in [0.1, 0.15) is 5.76 Å². The Morgan fingerprint density at radius 2 is 1.96 bits per heavy atom. The van der Waals surface area contributed by atoms with Crippen molar-refractivity contribution in [2.24, 2.45) is 5.10 Å². The Hall–Kier alpha value is -2.66. The predicted molar refractivity (Wildman–Crippen MR) is 104 cm³/mol. The topological polar surface area (TPSA) is 54.6 Å². The number of carbonyl (C=O) groups excluding carboxylic acids is 1. The number of furan rings is 1. The van der Waals surface area contributed by atoms with Gasteiger partial charge in [-0.25, -0.2) is 5.43 Å². The summed E-state index contributed by atoms with van der Waals surface area (Å²) in [6, 6.07) is 15.6. The van der Waals surface area contributed by atoms with Crippen LogP contribution in [0.2, 0.25) is 0 Å². The number of benzene rings is 2. The van der Waals surface area contributed by atoms with E-state index in [4.69, 9.17) is 4.42 Å². The van der Waals surface area contributed by atoms with E-state index in [1.807, 2.05) is 55.5 Å². The van der Waals surface area contributed by atoms with Gasteiger partial charge >= 0.3 is 0 Å². The highest BCUT2D eigenvalue weighted by atomic mass is 79.9. The lowest BCUT2D eigenvalue weighted by atomic mass is 10.0. The number of carbonyl (C=O) groups is 1. The molecular formula is C20H17BrN2O2. The minimum Gasteiger partial charge on any atom is -0.465 e. The smallest absolute Gasteiger partial charge is 0.244 e. The van der Waals surface area contributed by atoms with Crippen LogP contribution in [0.25, 0.3) is 16.8 Å². The van der Waals surface area contributed by atoms with Crippen molar-refractivity contribution in [3.05, 3.63) is 76.7 Å². The van der Waals surface area contributed by atoms with Gasteiger partial charge in [0.2, 0.25) is 5.91 Å². The number of hydrazone groups is 1. The summed E-state index contributed by atoms with van der Waals surface area (Å²) in [5, 5.41) is 6.25. The standard InChI is InChI=1S/C20H17BrN2O2/c1-14(8-10-16-5-4-12-25-16)22-23-20(24)13-15-9-11-19(21)18-7-3-2-6-17(15)18/h2-12H,13H2,1H3,(H,23,24)/b10-8+,22-14+. The first-order valence-corrected chi connectivity index (χ1v) is 8.63. The second-order valence-corrected chi connectivity index (χ2v) is 6.42. The number of hydrogen-bond donors (Lipinski definition) is 1. The molecule has 5 heteroatoms. The summed E-state index contributed by atoms with van der Waals surface area (Å²) in [6.45, 7) is 1.81. The number of rotatable bonds is 5. The lowest BCUT2D eigenvalue weighted by molar-refractivity contribution is -0.120. The Kier molecular flexibility index (Phi) is 5.46. The fourth-order valence-corrected chi connectivity index (χ4v) is 2.95. The van der Waals surface area contributed by atoms with Crippen LogP contribution in [0.5, 0.6) is 0 Å². The van der Waals surface area contributed by atoms with Gasteiger partial charge in [0.15, 0.2) is 0 Å². The normalized spacial score (nSPS) is 12.0. The SMILES string of the molecule is CC(/C=C/c1ccco1)=N\NC(=O)Cc1ccc(Br)c2ccccc12. The molecule has 0 aliphatic carbocycles. The number of halogens is 1. The van der Waals surface area contributed by atoms with E-state index < -0.39 is 0 Å². The molecular weight excluding hydrogens is 380 g/mol. The second-order valence-electron chi connectivity index (χ2n) is 5.57. The Morgan fingerprint density at radius 3 is 2.72 bits per heavy atom. The molecule has 0 saturated carbocycles. The van der Waals surface area contributed by atoms with Crippen LogP contribution in [0.3, 0.4) is 0 Å². The fraction of sp³-hybridized carbons (Fsp3) is 0.100. The number of amides is 1. The molecule has 0 unspecified atom stereocenters. The molecule has 3 aromatic rings. The molecule has 0 spiro atoms. The molecule has 0 saturated heterocycles. The van der Waals surface area contributed by atoms with Crippen molar-refractivity contribution in [2.45, 2.75) is 13.3 Å². The molecule has 0 radical (unpaired) electrons. The molecule has 1 N–H and O–H groups in total. The van der Waals surface area contributed by atoms with Crippen molar-refractivity contribution in [1.29, 1.82) is 0 Å². The van der Waals surface area contributed by atoms with E-state index >= 15 is 0 Å². The number of hydrogen-bond acceptors (Lipinski definition) is 3. The van der Waals surface area contributed by atoms with Gasteiger partial charge in [-0.3, -0.25) is 4.79 Å². The lowest BCUT2D eigenvalue weighted by Crippen LogP contribution is -2.20. The summed E-state index contributed by atoms with van der Waals surface area (Å²) in [5.74, 6) is 0.584. The first-order valence-electron chi connectivity index (χ1n) is 7.84. The molecule has 1 aromatic heterocycles. The lowest BCUT2D eigenvalue weighted by Gasteiger charge is -2.07. The maximum absolute atomic E-state index is 12.2. The average Bonchev–Trinajstić information content (AvgIpc) is 3.14. The number of nitrogens with zero attached hydrogens (tertiary/aromatic N) is 1. The molecule has 2 aromatic carbocycles. The Bertz CT molecular complexity index is 943. The summed E-state index contributed by atoms with van der Waals surface area (Å²) >= 11 is 3.54. The van der Waals surface area contributed by atoms with E-state index in [-0.39, 0.29) is 12.3 Å². The molecule has 1 amide bonds. The zero-order valence-electron chi connectivity index (χ0n) is 13.7. The second kappa shape index (κ2) is 7.94. The van der Waals surface area contributed by atoms with Crippen LogP contribution in [-0.2, 0) is 11.2 Å². The Balaban J connectivity index is 1.67. The van der Waals surface area contributed by atoms with Gasteiger partial charge in [-0.15, -0.1) is 0 Å². The predicted octanol–water partition coefficient (Wildman–Crippen LogP) is 4.94. The van der Waals surface area contributed by atoms with Crippen LogP contribution in [0.4, 0.5) is 0 Å². The third kappa shape index (κ3) is 4.45. The van der Waals surface area contributed by atoms with Gasteiger partial charge in [-0.2, -0.15) is 5.10 Å². The molecule has 0 bridgehead atoms. The third-order valence-electron chi connectivity index (χ3n) is 3.70. The molecule has 0 aliphatic heterocycles. The van der Waals surface area contributed by atoms with Crippen molar-refractivity contribution in [3.63, 3.8) is 0 Å². The summed E-state index contributed by atoms with van der Waals surface area (Å²) in [5.41, 5.74) is 4.25. The molecule has 0 fully saturated rings. The molecule has 4 nitrogen and oxygen atoms in total. The monoisotopic (exact) mass is 396 g/mol. The summed E-state index contributed by atoms with van der Waals surface area (Å²) in [4.78, 5) is 12.2. The first kappa shape index (κ1) is 17.2. The first-order chi connectivity index (χ1) is 12.1. The molecule has 126 valence electrons. The summed E-state index contributed by atoms with van der Waals surface area (Å²) in [6.07, 6.45) is 5.46. The molecule has 3 rings (SSSR count). The van der Waals surface area contributed by atoms with E-state index in [2.05, 4.69) is 26.5 Å². The molecule has 0 aliphatic rings. The quantitative estimate of drug-likeness (QED) is 0.490. The molecule has 0 atom stereocenters. The van der Waals surface area contributed by atoms with Crippen LogP contribution in [-0.4, -0.2) is 11.6 Å². The summed E-state index contributed by atoms with van der Waals surface area (Å²) < 4.78 is 6.22. The van der Waals surface area contributed by atoms with E-state index in [9.17, 15) is 4.79 Å². The number of allylic oxidation sites excluding steroid dienone is 1. The Morgan fingerprint density at radius 1 is 1.16 bits per heavy atom. The van der Waals surface area contributed by atoms with Crippen LogP contribution in [0, 0.1) is 0 Å². The zero-order chi connectivity index (χ0) is 17.6. The van der Waals surface area contributed by atoms with Gasteiger partial charge < -0.3 is 4.42 Å². The van der Waals surface area contributed by atoms with Crippen LogP contribution in [0.1, 0.15) is 18.2 Å². The van der Waals surface area contributed by atoms with Crippen molar-refractivity contribution in [1.82, 2.24) is 5.43 Å². The maximum Gasteiger partial charge on any atom is 0.244 e.